The molecule has 1 aromatic carbocycles. The molecular formula is C25H29N3O4S. The summed E-state index contributed by atoms with van der Waals surface area (Å²) < 4.78 is 11.3. The third kappa shape index (κ3) is 4.76. The molecule has 5 rings (SSSR count). The van der Waals surface area contributed by atoms with Gasteiger partial charge in [-0.3, -0.25) is 4.79 Å². The lowest BCUT2D eigenvalue weighted by Gasteiger charge is -2.25. The van der Waals surface area contributed by atoms with Crippen LogP contribution in [-0.4, -0.2) is 40.8 Å². The number of nitrogens with one attached hydrogen (secondary N) is 1. The number of hydrogen-bond donors (Lipinski definition) is 2. The molecule has 0 spiro atoms. The van der Waals surface area contributed by atoms with Gasteiger partial charge >= 0.3 is 5.97 Å². The van der Waals surface area contributed by atoms with Crippen LogP contribution >= 0.6 is 11.3 Å². The number of rotatable bonds is 7. The number of ether oxygens (including phenoxy) is 2. The number of carboxylic acid groups (broad SMARTS) is 1. The average Bonchev–Trinajstić information content (AvgIpc) is 3.27. The Hall–Kier alpha value is -2.87. The highest BCUT2D eigenvalue weighted by molar-refractivity contribution is 7.18. The van der Waals surface area contributed by atoms with Crippen molar-refractivity contribution in [2.75, 3.05) is 25.1 Å². The zero-order valence-electron chi connectivity index (χ0n) is 18.8. The molecule has 0 unspecified atom stereocenters. The van der Waals surface area contributed by atoms with Crippen LogP contribution in [0.5, 0.6) is 11.5 Å². The molecule has 1 saturated carbocycles. The van der Waals surface area contributed by atoms with Crippen molar-refractivity contribution in [1.29, 1.82) is 0 Å². The monoisotopic (exact) mass is 467 g/mol. The van der Waals surface area contributed by atoms with Crippen molar-refractivity contribution in [3.63, 3.8) is 0 Å². The van der Waals surface area contributed by atoms with E-state index in [2.05, 4.69) is 30.4 Å². The van der Waals surface area contributed by atoms with Crippen LogP contribution < -0.4 is 14.8 Å². The minimum atomic E-state index is -0.683. The predicted octanol–water partition coefficient (Wildman–Crippen LogP) is 5.04. The maximum absolute atomic E-state index is 11.3. The van der Waals surface area contributed by atoms with Gasteiger partial charge in [-0.2, -0.15) is 0 Å². The summed E-state index contributed by atoms with van der Waals surface area (Å²) in [5, 5.41) is 13.9. The SMILES string of the molecule is CCc1cc2c(NCCc3ccc4c(c3)OCCO4)nc(C3CCC(C(=O)O)CC3)nc2s1. The van der Waals surface area contributed by atoms with Gasteiger partial charge in [-0.15, -0.1) is 11.3 Å². The van der Waals surface area contributed by atoms with Crippen LogP contribution in [0.15, 0.2) is 24.3 Å². The number of aromatic nitrogens is 2. The van der Waals surface area contributed by atoms with Crippen molar-refractivity contribution in [1.82, 2.24) is 9.97 Å². The van der Waals surface area contributed by atoms with E-state index >= 15 is 0 Å². The van der Waals surface area contributed by atoms with Crippen LogP contribution in [0.4, 0.5) is 5.82 Å². The van der Waals surface area contributed by atoms with Gasteiger partial charge in [0.15, 0.2) is 11.5 Å². The van der Waals surface area contributed by atoms with Gasteiger partial charge in [0.2, 0.25) is 0 Å². The molecule has 0 atom stereocenters. The first-order valence-corrected chi connectivity index (χ1v) is 12.6. The van der Waals surface area contributed by atoms with E-state index in [1.54, 1.807) is 11.3 Å². The number of aryl methyl sites for hydroxylation is 1. The van der Waals surface area contributed by atoms with Crippen LogP contribution in [0.2, 0.25) is 0 Å². The molecule has 2 N–H and O–H groups in total. The van der Waals surface area contributed by atoms with E-state index in [1.165, 1.54) is 10.4 Å². The minimum Gasteiger partial charge on any atom is -0.486 e. The largest absolute Gasteiger partial charge is 0.486 e. The standard InChI is InChI=1S/C25H29N3O4S/c1-2-18-14-19-23(26-10-9-15-3-8-20-21(13-15)32-12-11-31-20)27-22(28-24(19)33-18)16-4-6-17(7-5-16)25(29)30/h3,8,13-14,16-17H,2,4-7,9-12H2,1H3,(H,29,30)(H,26,27,28). The van der Waals surface area contributed by atoms with Crippen molar-refractivity contribution < 1.29 is 19.4 Å². The maximum atomic E-state index is 11.3. The van der Waals surface area contributed by atoms with E-state index in [9.17, 15) is 9.90 Å². The zero-order valence-corrected chi connectivity index (χ0v) is 19.6. The predicted molar refractivity (Wildman–Crippen MR) is 129 cm³/mol. The molecule has 3 aromatic rings. The average molecular weight is 468 g/mol. The number of carbonyl (C=O) groups is 1. The highest BCUT2D eigenvalue weighted by atomic mass is 32.1. The van der Waals surface area contributed by atoms with E-state index in [-0.39, 0.29) is 11.8 Å². The summed E-state index contributed by atoms with van der Waals surface area (Å²) in [5.41, 5.74) is 1.18. The molecule has 1 aliphatic heterocycles. The summed E-state index contributed by atoms with van der Waals surface area (Å²) in [6.07, 6.45) is 4.84. The van der Waals surface area contributed by atoms with Gasteiger partial charge in [-0.1, -0.05) is 13.0 Å². The molecule has 1 fully saturated rings. The fraction of sp³-hybridized carbons (Fsp3) is 0.480. The molecule has 8 heteroatoms. The van der Waals surface area contributed by atoms with Gasteiger partial charge in [0.25, 0.3) is 0 Å². The van der Waals surface area contributed by atoms with Crippen molar-refractivity contribution >= 4 is 33.3 Å². The number of hydrogen-bond acceptors (Lipinski definition) is 7. The van der Waals surface area contributed by atoms with Crippen LogP contribution in [0.3, 0.4) is 0 Å². The first-order chi connectivity index (χ1) is 16.1. The van der Waals surface area contributed by atoms with Crippen molar-refractivity contribution in [2.45, 2.75) is 51.4 Å². The van der Waals surface area contributed by atoms with Gasteiger partial charge in [0, 0.05) is 17.3 Å². The summed E-state index contributed by atoms with van der Waals surface area (Å²) in [6, 6.07) is 8.30. The number of carboxylic acids is 1. The minimum absolute atomic E-state index is 0.218. The summed E-state index contributed by atoms with van der Waals surface area (Å²) in [4.78, 5) is 23.5. The van der Waals surface area contributed by atoms with Crippen LogP contribution in [-0.2, 0) is 17.6 Å². The van der Waals surface area contributed by atoms with Crippen molar-refractivity contribution in [2.24, 2.45) is 5.92 Å². The van der Waals surface area contributed by atoms with Gasteiger partial charge in [-0.25, -0.2) is 9.97 Å². The Morgan fingerprint density at radius 2 is 1.91 bits per heavy atom. The summed E-state index contributed by atoms with van der Waals surface area (Å²) in [6.45, 7) is 4.08. The third-order valence-electron chi connectivity index (χ3n) is 6.56. The second kappa shape index (κ2) is 9.55. The Balaban J connectivity index is 1.33. The van der Waals surface area contributed by atoms with E-state index in [0.717, 1.165) is 65.6 Å². The Morgan fingerprint density at radius 1 is 1.12 bits per heavy atom. The third-order valence-corrected chi connectivity index (χ3v) is 7.74. The molecule has 3 heterocycles. The number of aliphatic carboxylic acids is 1. The normalized spacial score (nSPS) is 20.0. The van der Waals surface area contributed by atoms with E-state index in [0.29, 0.717) is 26.1 Å². The van der Waals surface area contributed by atoms with E-state index < -0.39 is 5.97 Å². The number of thiophene rings is 1. The second-order valence-corrected chi connectivity index (χ2v) is 9.87. The molecule has 174 valence electrons. The summed E-state index contributed by atoms with van der Waals surface area (Å²) in [7, 11) is 0. The smallest absolute Gasteiger partial charge is 0.306 e. The molecule has 2 aliphatic rings. The molecule has 33 heavy (non-hydrogen) atoms. The second-order valence-electron chi connectivity index (χ2n) is 8.76. The van der Waals surface area contributed by atoms with Gasteiger partial charge in [-0.05, 0) is 62.3 Å². The molecule has 0 radical (unpaired) electrons. The van der Waals surface area contributed by atoms with Crippen molar-refractivity contribution in [3.8, 4) is 11.5 Å². The topological polar surface area (TPSA) is 93.6 Å². The van der Waals surface area contributed by atoms with Crippen molar-refractivity contribution in [3.05, 3.63) is 40.5 Å². The number of fused-ring (bicyclic) bond motifs is 2. The Labute approximate surface area is 197 Å². The van der Waals surface area contributed by atoms with E-state index in [1.807, 2.05) is 6.07 Å². The summed E-state index contributed by atoms with van der Waals surface area (Å²) >= 11 is 1.72. The lowest BCUT2D eigenvalue weighted by molar-refractivity contribution is -0.142. The maximum Gasteiger partial charge on any atom is 0.306 e. The Bertz CT molecular complexity index is 1150. The Kier molecular flexibility index (Phi) is 6.35. The van der Waals surface area contributed by atoms with Crippen LogP contribution in [0, 0.1) is 5.92 Å². The van der Waals surface area contributed by atoms with Gasteiger partial charge < -0.3 is 19.9 Å². The molecule has 2 aromatic heterocycles. The van der Waals surface area contributed by atoms with Gasteiger partial charge in [0.05, 0.1) is 11.3 Å². The molecule has 1 aliphatic carbocycles. The highest BCUT2D eigenvalue weighted by Gasteiger charge is 2.29. The molecule has 7 nitrogen and oxygen atoms in total. The summed E-state index contributed by atoms with van der Waals surface area (Å²) in [5.74, 6) is 2.65. The lowest BCUT2D eigenvalue weighted by atomic mass is 9.81. The Morgan fingerprint density at radius 3 is 2.67 bits per heavy atom. The number of nitrogens with zero attached hydrogens (tertiary/aromatic N) is 2. The fourth-order valence-electron chi connectivity index (χ4n) is 4.65. The fourth-order valence-corrected chi connectivity index (χ4v) is 5.62. The number of anilines is 1. The quantitative estimate of drug-likeness (QED) is 0.503. The van der Waals surface area contributed by atoms with Crippen LogP contribution in [0.25, 0.3) is 10.2 Å². The number of benzene rings is 1. The lowest BCUT2D eigenvalue weighted by Crippen LogP contribution is -2.21. The zero-order chi connectivity index (χ0) is 22.8. The molecular weight excluding hydrogens is 438 g/mol. The highest BCUT2D eigenvalue weighted by Crippen LogP contribution is 2.37. The van der Waals surface area contributed by atoms with Gasteiger partial charge in [0.1, 0.15) is 29.7 Å². The first kappa shape index (κ1) is 21.9. The molecule has 0 saturated heterocycles. The molecule has 0 amide bonds. The van der Waals surface area contributed by atoms with Crippen LogP contribution in [0.1, 0.15) is 54.8 Å². The molecule has 0 bridgehead atoms. The first-order valence-electron chi connectivity index (χ1n) is 11.8. The van der Waals surface area contributed by atoms with E-state index in [4.69, 9.17) is 19.4 Å².